The van der Waals surface area contributed by atoms with Crippen LogP contribution in [0.2, 0.25) is 5.15 Å². The van der Waals surface area contributed by atoms with Gasteiger partial charge in [0.2, 0.25) is 5.82 Å². The van der Waals surface area contributed by atoms with E-state index in [2.05, 4.69) is 32.5 Å². The van der Waals surface area contributed by atoms with Crippen LogP contribution in [-0.4, -0.2) is 34.7 Å². The standard InChI is InChI=1S/C26H24ClN7O/c1-2-3-11-22-24(27)33(17-18-8-5-4-6-9-18)26(35)34(22)20-14-12-19(13-15-20)23-21(10-7-16-28-23)25-29-31-32-30-25/h4-10,12-16H,2-3,11,17H2,1H3,(H,29,30,31,32). The van der Waals surface area contributed by atoms with E-state index in [0.29, 0.717) is 17.5 Å². The number of pyridine rings is 1. The van der Waals surface area contributed by atoms with E-state index in [1.54, 1.807) is 15.3 Å². The van der Waals surface area contributed by atoms with Crippen LogP contribution in [0.4, 0.5) is 0 Å². The summed E-state index contributed by atoms with van der Waals surface area (Å²) in [6.45, 7) is 2.55. The number of rotatable bonds is 8. The first kappa shape index (κ1) is 22.7. The minimum Gasteiger partial charge on any atom is -0.278 e. The van der Waals surface area contributed by atoms with Crippen LogP contribution in [0.5, 0.6) is 0 Å². The Bertz CT molecular complexity index is 1470. The van der Waals surface area contributed by atoms with Gasteiger partial charge in [-0.15, -0.1) is 10.2 Å². The van der Waals surface area contributed by atoms with Crippen molar-refractivity contribution in [1.29, 1.82) is 0 Å². The fraction of sp³-hybridized carbons (Fsp3) is 0.192. The number of imidazole rings is 1. The van der Waals surface area contributed by atoms with E-state index in [1.165, 1.54) is 0 Å². The first-order valence-corrected chi connectivity index (χ1v) is 11.9. The summed E-state index contributed by atoms with van der Waals surface area (Å²) in [5.41, 5.74) is 4.85. The second kappa shape index (κ2) is 10.1. The molecule has 5 rings (SSSR count). The summed E-state index contributed by atoms with van der Waals surface area (Å²) in [6.07, 6.45) is 4.39. The third-order valence-corrected chi connectivity index (χ3v) is 6.33. The molecule has 0 bridgehead atoms. The summed E-state index contributed by atoms with van der Waals surface area (Å²) >= 11 is 6.78. The van der Waals surface area contributed by atoms with E-state index in [9.17, 15) is 4.79 Å². The van der Waals surface area contributed by atoms with E-state index in [0.717, 1.165) is 53.0 Å². The molecule has 0 fully saturated rings. The lowest BCUT2D eigenvalue weighted by molar-refractivity contribution is 0.735. The summed E-state index contributed by atoms with van der Waals surface area (Å²) in [6, 6.07) is 21.3. The number of H-pyrrole nitrogens is 1. The number of aromatic nitrogens is 7. The van der Waals surface area contributed by atoms with Gasteiger partial charge in [-0.25, -0.2) is 4.79 Å². The van der Waals surface area contributed by atoms with Crippen molar-refractivity contribution in [2.45, 2.75) is 32.7 Å². The van der Waals surface area contributed by atoms with Gasteiger partial charge in [0.1, 0.15) is 5.15 Å². The van der Waals surface area contributed by atoms with Gasteiger partial charge in [-0.05, 0) is 47.9 Å². The lowest BCUT2D eigenvalue weighted by Gasteiger charge is -2.10. The van der Waals surface area contributed by atoms with Crippen LogP contribution in [0, 0.1) is 0 Å². The molecular weight excluding hydrogens is 462 g/mol. The minimum absolute atomic E-state index is 0.150. The molecule has 3 heterocycles. The van der Waals surface area contributed by atoms with Gasteiger partial charge in [-0.2, -0.15) is 5.21 Å². The third-order valence-electron chi connectivity index (χ3n) is 5.91. The highest BCUT2D eigenvalue weighted by atomic mass is 35.5. The van der Waals surface area contributed by atoms with Crippen molar-refractivity contribution in [3.63, 3.8) is 0 Å². The van der Waals surface area contributed by atoms with Crippen LogP contribution in [0.1, 0.15) is 31.0 Å². The molecule has 1 N–H and O–H groups in total. The van der Waals surface area contributed by atoms with Crippen LogP contribution in [0.3, 0.4) is 0 Å². The van der Waals surface area contributed by atoms with Crippen molar-refractivity contribution in [3.05, 3.63) is 99.8 Å². The molecule has 9 heteroatoms. The molecule has 0 aliphatic carbocycles. The number of aromatic amines is 1. The highest BCUT2D eigenvalue weighted by molar-refractivity contribution is 6.30. The zero-order valence-corrected chi connectivity index (χ0v) is 20.0. The first-order valence-electron chi connectivity index (χ1n) is 11.5. The number of tetrazole rings is 1. The summed E-state index contributed by atoms with van der Waals surface area (Å²) < 4.78 is 3.37. The van der Waals surface area contributed by atoms with Gasteiger partial charge < -0.3 is 0 Å². The normalized spacial score (nSPS) is 11.1. The van der Waals surface area contributed by atoms with Crippen molar-refractivity contribution in [2.75, 3.05) is 0 Å². The Morgan fingerprint density at radius 1 is 1.00 bits per heavy atom. The van der Waals surface area contributed by atoms with E-state index < -0.39 is 0 Å². The molecule has 0 saturated carbocycles. The Morgan fingerprint density at radius 3 is 2.51 bits per heavy atom. The maximum atomic E-state index is 13.5. The highest BCUT2D eigenvalue weighted by Crippen LogP contribution is 2.29. The Labute approximate surface area is 207 Å². The second-order valence-corrected chi connectivity index (χ2v) is 8.57. The monoisotopic (exact) mass is 485 g/mol. The minimum atomic E-state index is -0.150. The Hall–Kier alpha value is -4.04. The zero-order valence-electron chi connectivity index (χ0n) is 19.2. The number of unbranched alkanes of at least 4 members (excludes halogenated alkanes) is 1. The van der Waals surface area contributed by atoms with Crippen LogP contribution < -0.4 is 5.69 Å². The van der Waals surface area contributed by atoms with Crippen LogP contribution in [-0.2, 0) is 13.0 Å². The molecule has 5 aromatic rings. The van der Waals surface area contributed by atoms with Gasteiger partial charge in [0.15, 0.2) is 0 Å². The number of nitrogens with zero attached hydrogens (tertiary/aromatic N) is 6. The van der Waals surface area contributed by atoms with Gasteiger partial charge in [0, 0.05) is 17.3 Å². The van der Waals surface area contributed by atoms with Crippen molar-refractivity contribution in [2.24, 2.45) is 0 Å². The summed E-state index contributed by atoms with van der Waals surface area (Å²) in [4.78, 5) is 18.1. The second-order valence-electron chi connectivity index (χ2n) is 8.21. The molecule has 8 nitrogen and oxygen atoms in total. The van der Waals surface area contributed by atoms with Crippen molar-refractivity contribution in [3.8, 4) is 28.3 Å². The average molecular weight is 486 g/mol. The molecule has 0 spiro atoms. The smallest absolute Gasteiger partial charge is 0.278 e. The number of benzene rings is 2. The molecule has 35 heavy (non-hydrogen) atoms. The van der Waals surface area contributed by atoms with E-state index in [-0.39, 0.29) is 5.69 Å². The van der Waals surface area contributed by atoms with Gasteiger partial charge >= 0.3 is 5.69 Å². The number of halogens is 1. The topological polar surface area (TPSA) is 94.3 Å². The zero-order chi connectivity index (χ0) is 24.2. The number of hydrogen-bond acceptors (Lipinski definition) is 5. The summed E-state index contributed by atoms with van der Waals surface area (Å²) in [5.74, 6) is 0.472. The molecule has 0 aliphatic heterocycles. The third kappa shape index (κ3) is 4.52. The van der Waals surface area contributed by atoms with Crippen LogP contribution in [0.15, 0.2) is 77.7 Å². The molecule has 0 saturated heterocycles. The SMILES string of the molecule is CCCCc1c(Cl)n(Cc2ccccc2)c(=O)n1-c1ccc(-c2ncccc2-c2nn[nH]n2)cc1. The van der Waals surface area contributed by atoms with Gasteiger partial charge in [-0.1, -0.05) is 67.4 Å². The van der Waals surface area contributed by atoms with Gasteiger partial charge in [0.05, 0.1) is 23.6 Å². The maximum Gasteiger partial charge on any atom is 0.334 e. The Morgan fingerprint density at radius 2 is 1.80 bits per heavy atom. The molecule has 0 radical (unpaired) electrons. The summed E-state index contributed by atoms with van der Waals surface area (Å²) in [5, 5.41) is 14.8. The maximum absolute atomic E-state index is 13.5. The van der Waals surface area contributed by atoms with Crippen molar-refractivity contribution < 1.29 is 0 Å². The Kier molecular flexibility index (Phi) is 6.54. The molecule has 3 aromatic heterocycles. The first-order chi connectivity index (χ1) is 17.2. The number of nitrogens with one attached hydrogen (secondary N) is 1. The lowest BCUT2D eigenvalue weighted by Crippen LogP contribution is -2.24. The fourth-order valence-electron chi connectivity index (χ4n) is 4.16. The summed E-state index contributed by atoms with van der Waals surface area (Å²) in [7, 11) is 0. The van der Waals surface area contributed by atoms with Crippen LogP contribution >= 0.6 is 11.6 Å². The molecular formula is C26H24ClN7O. The quantitative estimate of drug-likeness (QED) is 0.336. The van der Waals surface area contributed by atoms with Gasteiger partial charge in [-0.3, -0.25) is 14.1 Å². The largest absolute Gasteiger partial charge is 0.334 e. The number of hydrogen-bond donors (Lipinski definition) is 1. The fourth-order valence-corrected chi connectivity index (χ4v) is 4.47. The van der Waals surface area contributed by atoms with E-state index >= 15 is 0 Å². The molecule has 0 atom stereocenters. The molecule has 2 aromatic carbocycles. The molecule has 0 unspecified atom stereocenters. The van der Waals surface area contributed by atoms with E-state index in [4.69, 9.17) is 11.6 Å². The molecule has 0 amide bonds. The molecule has 176 valence electrons. The highest BCUT2D eigenvalue weighted by Gasteiger charge is 2.20. The van der Waals surface area contributed by atoms with Crippen molar-refractivity contribution in [1.82, 2.24) is 34.7 Å². The van der Waals surface area contributed by atoms with E-state index in [1.807, 2.05) is 66.7 Å². The van der Waals surface area contributed by atoms with Crippen LogP contribution in [0.25, 0.3) is 28.3 Å². The predicted octanol–water partition coefficient (Wildman–Crippen LogP) is 4.93. The average Bonchev–Trinajstić information content (AvgIpc) is 3.52. The van der Waals surface area contributed by atoms with Crippen molar-refractivity contribution >= 4 is 11.6 Å². The predicted molar refractivity (Wildman–Crippen MR) is 136 cm³/mol. The van der Waals surface area contributed by atoms with Gasteiger partial charge in [0.25, 0.3) is 0 Å². The lowest BCUT2D eigenvalue weighted by atomic mass is 10.0. The Balaban J connectivity index is 1.55. The molecule has 0 aliphatic rings.